The second kappa shape index (κ2) is 75.9. The van der Waals surface area contributed by atoms with Crippen molar-refractivity contribution in [2.75, 3.05) is 39.6 Å². The number of allylic oxidation sites excluding steroid dienone is 26. The van der Waals surface area contributed by atoms with Crippen molar-refractivity contribution >= 4 is 39.5 Å². The molecule has 0 saturated carbocycles. The van der Waals surface area contributed by atoms with Crippen molar-refractivity contribution in [1.82, 2.24) is 0 Å². The van der Waals surface area contributed by atoms with Crippen LogP contribution in [0.1, 0.15) is 297 Å². The van der Waals surface area contributed by atoms with Crippen LogP contribution in [0.4, 0.5) is 0 Å². The van der Waals surface area contributed by atoms with Crippen LogP contribution in [0.2, 0.25) is 0 Å². The quantitative estimate of drug-likeness (QED) is 0.0169. The Morgan fingerprint density at radius 1 is 0.279 bits per heavy atom. The van der Waals surface area contributed by atoms with Crippen molar-refractivity contribution in [3.05, 3.63) is 158 Å². The average molecular weight is 1500 g/mol. The summed E-state index contributed by atoms with van der Waals surface area (Å²) >= 11 is 0. The summed E-state index contributed by atoms with van der Waals surface area (Å²) in [5.41, 5.74) is 0. The molecule has 5 atom stereocenters. The van der Waals surface area contributed by atoms with Gasteiger partial charge in [0.1, 0.15) is 19.3 Å². The smallest absolute Gasteiger partial charge is 0.462 e. The van der Waals surface area contributed by atoms with Gasteiger partial charge in [0.25, 0.3) is 0 Å². The summed E-state index contributed by atoms with van der Waals surface area (Å²) in [6.45, 7) is 4.40. The van der Waals surface area contributed by atoms with E-state index in [1.54, 1.807) is 0 Å². The fourth-order valence-electron chi connectivity index (χ4n) is 10.0. The molecule has 0 aromatic rings. The van der Waals surface area contributed by atoms with Crippen LogP contribution in [0.15, 0.2) is 158 Å². The lowest BCUT2D eigenvalue weighted by Crippen LogP contribution is -2.30. The van der Waals surface area contributed by atoms with Gasteiger partial charge in [0.15, 0.2) is 12.2 Å². The molecule has 0 aromatic carbocycles. The third kappa shape index (κ3) is 74.9. The van der Waals surface area contributed by atoms with Gasteiger partial charge >= 0.3 is 39.5 Å². The molecular weight excluding hydrogens is 1350 g/mol. The Kier molecular flexibility index (Phi) is 72.0. The van der Waals surface area contributed by atoms with E-state index in [-0.39, 0.29) is 25.7 Å². The number of carbonyl (C=O) groups is 4. The summed E-state index contributed by atoms with van der Waals surface area (Å²) in [4.78, 5) is 73.0. The molecule has 0 aliphatic carbocycles. The van der Waals surface area contributed by atoms with Crippen LogP contribution in [-0.2, 0) is 65.4 Å². The zero-order valence-corrected chi connectivity index (χ0v) is 66.4. The highest BCUT2D eigenvalue weighted by Crippen LogP contribution is 2.45. The molecule has 0 aliphatic heterocycles. The average Bonchev–Trinajstić information content (AvgIpc) is 0.918. The van der Waals surface area contributed by atoms with Gasteiger partial charge in [-0.1, -0.05) is 263 Å². The Morgan fingerprint density at radius 2 is 0.500 bits per heavy atom. The molecule has 5 unspecified atom stereocenters. The molecule has 0 rings (SSSR count). The molecule has 0 aliphatic rings. The van der Waals surface area contributed by atoms with E-state index in [2.05, 4.69) is 186 Å². The summed E-state index contributed by atoms with van der Waals surface area (Å²) in [6, 6.07) is 0. The zero-order chi connectivity index (χ0) is 76.0. The maximum Gasteiger partial charge on any atom is 0.472 e. The summed E-state index contributed by atoms with van der Waals surface area (Å²) in [6.07, 6.45) is 88.0. The number of esters is 4. The molecule has 0 saturated heterocycles. The number of hydrogen-bond donors (Lipinski definition) is 3. The number of phosphoric ester groups is 2. The Bertz CT molecular complexity index is 2590. The molecule has 19 heteroatoms. The molecule has 0 aromatic heterocycles. The number of rotatable bonds is 73. The van der Waals surface area contributed by atoms with Crippen molar-refractivity contribution in [3.63, 3.8) is 0 Å². The first-order valence-corrected chi connectivity index (χ1v) is 42.7. The van der Waals surface area contributed by atoms with Crippen LogP contribution in [0.5, 0.6) is 0 Å². The molecular formula is C85H140O17P2. The van der Waals surface area contributed by atoms with Crippen LogP contribution in [-0.4, -0.2) is 96.7 Å². The first-order chi connectivity index (χ1) is 50.7. The van der Waals surface area contributed by atoms with E-state index in [1.165, 1.54) is 38.5 Å². The largest absolute Gasteiger partial charge is 0.472 e. The lowest BCUT2D eigenvalue weighted by Gasteiger charge is -2.21. The minimum Gasteiger partial charge on any atom is -0.462 e. The molecule has 0 bridgehead atoms. The van der Waals surface area contributed by atoms with Gasteiger partial charge < -0.3 is 33.8 Å². The first kappa shape index (κ1) is 98.7. The maximum absolute atomic E-state index is 13.1. The number of hydrogen-bond acceptors (Lipinski definition) is 15. The predicted octanol–water partition coefficient (Wildman–Crippen LogP) is 23.2. The van der Waals surface area contributed by atoms with E-state index in [1.807, 2.05) is 0 Å². The Hall–Kier alpha value is -5.32. The Morgan fingerprint density at radius 3 is 0.798 bits per heavy atom. The fourth-order valence-corrected chi connectivity index (χ4v) is 11.6. The first-order valence-electron chi connectivity index (χ1n) is 39.7. The van der Waals surface area contributed by atoms with Gasteiger partial charge in [-0.15, -0.1) is 0 Å². The minimum atomic E-state index is -5.00. The van der Waals surface area contributed by atoms with Gasteiger partial charge in [0, 0.05) is 25.7 Å². The number of unbranched alkanes of at least 4 members (excludes halogenated alkanes) is 21. The van der Waals surface area contributed by atoms with Gasteiger partial charge in [0.2, 0.25) is 0 Å². The van der Waals surface area contributed by atoms with Crippen molar-refractivity contribution < 1.29 is 80.2 Å². The van der Waals surface area contributed by atoms with Crippen molar-refractivity contribution in [2.24, 2.45) is 0 Å². The summed E-state index contributed by atoms with van der Waals surface area (Å²) in [7, 11) is -10.00. The van der Waals surface area contributed by atoms with Crippen molar-refractivity contribution in [3.8, 4) is 0 Å². The predicted molar refractivity (Wildman–Crippen MR) is 427 cm³/mol. The molecule has 104 heavy (non-hydrogen) atoms. The molecule has 592 valence electrons. The lowest BCUT2D eigenvalue weighted by molar-refractivity contribution is -0.161. The van der Waals surface area contributed by atoms with E-state index in [9.17, 15) is 43.2 Å². The van der Waals surface area contributed by atoms with E-state index in [0.29, 0.717) is 32.1 Å². The molecule has 0 fully saturated rings. The molecule has 0 heterocycles. The molecule has 0 amide bonds. The third-order valence-electron chi connectivity index (χ3n) is 16.0. The summed E-state index contributed by atoms with van der Waals surface area (Å²) in [5.74, 6) is -2.30. The van der Waals surface area contributed by atoms with Crippen LogP contribution in [0, 0.1) is 0 Å². The van der Waals surface area contributed by atoms with E-state index < -0.39 is 97.5 Å². The molecule has 0 radical (unpaired) electrons. The van der Waals surface area contributed by atoms with Crippen LogP contribution < -0.4 is 0 Å². The lowest BCUT2D eigenvalue weighted by atomic mass is 10.1. The topological polar surface area (TPSA) is 237 Å². The van der Waals surface area contributed by atoms with Crippen LogP contribution in [0.3, 0.4) is 0 Å². The SMILES string of the molecule is CC/C=C\C/C=C\C/C=C\C/C=C\CCCCCCCCC(=O)OCC(COP(=O)(O)OCC(O)COP(=O)(O)OCC(COC(=O)CCCC/C=C\C/C=C\C/C=C\C/C=C\CC)OC(=O)CCCCCCC/C=C\CCCCCCCC)OC(=O)CCCC/C=C\C/C=C\C/C=C\C/C=C\CC. The number of ether oxygens (including phenoxy) is 4. The second-order valence-electron chi connectivity index (χ2n) is 25.9. The van der Waals surface area contributed by atoms with Gasteiger partial charge in [-0.3, -0.25) is 37.3 Å². The third-order valence-corrected chi connectivity index (χ3v) is 17.9. The Labute approximate surface area is 629 Å². The summed E-state index contributed by atoms with van der Waals surface area (Å²) < 4.78 is 68.5. The van der Waals surface area contributed by atoms with Crippen molar-refractivity contribution in [1.29, 1.82) is 0 Å². The number of carbonyl (C=O) groups excluding carboxylic acids is 4. The minimum absolute atomic E-state index is 0.0331. The standard InChI is InChI=1S/C85H140O17P2/c1-5-9-13-17-21-25-29-33-37-38-39-40-44-46-50-54-58-62-66-70-83(88)96-76-81(102-85(90)72-68-64-60-56-52-48-43-36-32-28-24-20-16-12-8-4)78-100-104(93,94)98-74-79(86)73-97-103(91,92)99-77-80(101-84(89)71-67-63-59-55-51-47-42-35-31-27-23-19-15-11-7-3)75-95-82(87)69-65-61-57-53-49-45-41-34-30-26-22-18-14-10-6-2/h9-10,12-14,16,21-22,24-26,28,33-37,39-43,49,52-53,56,79-81,86H,5-8,11,15,17-20,23,27,29-32,38,44-48,50-51,54-55,57-78H2,1-4H3,(H,91,92)(H,93,94)/b13-9-,14-10-,16-12-,25-21-,26-22-,28-24-,37-33-,40-39-,41-34-,42-35-,43-36-,53-49-,56-52-. The zero-order valence-electron chi connectivity index (χ0n) is 64.6. The van der Waals surface area contributed by atoms with Crippen LogP contribution >= 0.6 is 15.6 Å². The monoisotopic (exact) mass is 1490 g/mol. The van der Waals surface area contributed by atoms with E-state index in [0.717, 1.165) is 173 Å². The molecule has 3 N–H and O–H groups in total. The van der Waals surface area contributed by atoms with Crippen LogP contribution in [0.25, 0.3) is 0 Å². The normalized spacial score (nSPS) is 14.7. The maximum atomic E-state index is 13.1. The number of aliphatic hydroxyl groups excluding tert-OH is 1. The van der Waals surface area contributed by atoms with Gasteiger partial charge in [-0.25, -0.2) is 9.13 Å². The van der Waals surface area contributed by atoms with E-state index in [4.69, 9.17) is 37.0 Å². The van der Waals surface area contributed by atoms with Gasteiger partial charge in [0.05, 0.1) is 26.4 Å². The van der Waals surface area contributed by atoms with Crippen molar-refractivity contribution in [2.45, 2.75) is 316 Å². The highest BCUT2D eigenvalue weighted by atomic mass is 31.2. The number of aliphatic hydroxyl groups is 1. The summed E-state index contributed by atoms with van der Waals surface area (Å²) in [5, 5.41) is 10.6. The van der Waals surface area contributed by atoms with E-state index >= 15 is 0 Å². The molecule has 17 nitrogen and oxygen atoms in total. The highest BCUT2D eigenvalue weighted by molar-refractivity contribution is 7.47. The molecule has 0 spiro atoms. The van der Waals surface area contributed by atoms with Gasteiger partial charge in [-0.2, -0.15) is 0 Å². The highest BCUT2D eigenvalue weighted by Gasteiger charge is 2.30. The Balaban J connectivity index is 5.45. The fraction of sp³-hybridized carbons (Fsp3) is 0.647. The number of phosphoric acid groups is 2. The second-order valence-corrected chi connectivity index (χ2v) is 28.8. The van der Waals surface area contributed by atoms with Gasteiger partial charge in [-0.05, 0) is 167 Å².